The largest absolute Gasteiger partial charge is 0.369 e. The van der Waals surface area contributed by atoms with Crippen LogP contribution in [0, 0.1) is 11.6 Å². The summed E-state index contributed by atoms with van der Waals surface area (Å²) in [6.45, 7) is -0.142. The maximum atomic E-state index is 14.7. The number of carbonyl (C=O) groups excluding carboxylic acids is 1. The van der Waals surface area contributed by atoms with E-state index < -0.39 is 35.9 Å². The van der Waals surface area contributed by atoms with Crippen LogP contribution in [0.4, 0.5) is 18.9 Å². The van der Waals surface area contributed by atoms with Gasteiger partial charge in [0.2, 0.25) is 0 Å². The van der Waals surface area contributed by atoms with Crippen molar-refractivity contribution in [3.63, 3.8) is 0 Å². The Kier molecular flexibility index (Phi) is 6.17. The van der Waals surface area contributed by atoms with E-state index >= 15 is 0 Å². The van der Waals surface area contributed by atoms with Gasteiger partial charge in [-0.15, -0.1) is 11.3 Å². The first-order chi connectivity index (χ1) is 16.3. The number of anilines is 1. The van der Waals surface area contributed by atoms with Gasteiger partial charge in [-0.25, -0.2) is 18.2 Å². The number of aryl methyl sites for hydroxylation is 1. The maximum Gasteiger partial charge on any atom is 0.275 e. The molecule has 0 radical (unpaired) electrons. The van der Waals surface area contributed by atoms with Crippen molar-refractivity contribution in [1.82, 2.24) is 14.8 Å². The molecule has 1 amide bonds. The summed E-state index contributed by atoms with van der Waals surface area (Å²) in [4.78, 5) is 17.1. The quantitative estimate of drug-likeness (QED) is 0.549. The molecule has 2 fully saturated rings. The van der Waals surface area contributed by atoms with Crippen LogP contribution in [-0.4, -0.2) is 39.5 Å². The van der Waals surface area contributed by atoms with Crippen LogP contribution in [0.2, 0.25) is 0 Å². The van der Waals surface area contributed by atoms with Crippen LogP contribution < -0.4 is 11.1 Å². The maximum absolute atomic E-state index is 14.7. The van der Waals surface area contributed by atoms with E-state index in [1.807, 2.05) is 0 Å². The summed E-state index contributed by atoms with van der Waals surface area (Å²) in [5.41, 5.74) is 7.23. The molecule has 180 valence electrons. The number of alkyl halides is 1. The monoisotopic (exact) mass is 491 g/mol. The van der Waals surface area contributed by atoms with Crippen molar-refractivity contribution in [3.8, 4) is 10.6 Å². The SMILES string of the molecule is Cn1ncc(NC(=O)c2csc(-c3c(F)cc(C4CC4)cc3F)n2)c1[C@@H]1CC[C@@H](N)[C@H](F)CO1. The lowest BCUT2D eigenvalue weighted by Gasteiger charge is -2.17. The number of nitrogens with zero attached hydrogens (tertiary/aromatic N) is 3. The summed E-state index contributed by atoms with van der Waals surface area (Å²) in [7, 11) is 1.70. The van der Waals surface area contributed by atoms with E-state index in [0.29, 0.717) is 29.8 Å². The lowest BCUT2D eigenvalue weighted by Crippen LogP contribution is -2.32. The number of amides is 1. The minimum atomic E-state index is -1.26. The molecular weight excluding hydrogens is 467 g/mol. The minimum Gasteiger partial charge on any atom is -0.369 e. The number of rotatable bonds is 5. The number of nitrogens with one attached hydrogen (secondary N) is 1. The summed E-state index contributed by atoms with van der Waals surface area (Å²) < 4.78 is 50.5. The number of hydrogen-bond donors (Lipinski definition) is 2. The number of carbonyl (C=O) groups is 1. The van der Waals surface area contributed by atoms with E-state index in [1.165, 1.54) is 23.7 Å². The van der Waals surface area contributed by atoms with E-state index in [1.54, 1.807) is 11.7 Å². The van der Waals surface area contributed by atoms with Gasteiger partial charge in [-0.3, -0.25) is 9.48 Å². The third-order valence-corrected chi connectivity index (χ3v) is 7.14. The third kappa shape index (κ3) is 4.47. The first-order valence-electron chi connectivity index (χ1n) is 11.1. The summed E-state index contributed by atoms with van der Waals surface area (Å²) in [6, 6.07) is 2.09. The molecule has 3 atom stereocenters. The van der Waals surface area contributed by atoms with Crippen molar-refractivity contribution in [1.29, 1.82) is 0 Å². The molecule has 2 aliphatic rings. The van der Waals surface area contributed by atoms with E-state index in [-0.39, 0.29) is 28.8 Å². The van der Waals surface area contributed by atoms with Crippen LogP contribution in [0.15, 0.2) is 23.7 Å². The summed E-state index contributed by atoms with van der Waals surface area (Å²) in [5, 5.41) is 8.47. The van der Waals surface area contributed by atoms with Gasteiger partial charge >= 0.3 is 0 Å². The molecule has 3 heterocycles. The highest BCUT2D eigenvalue weighted by atomic mass is 32.1. The second-order valence-corrected chi connectivity index (χ2v) is 9.63. The molecule has 1 saturated carbocycles. The number of halogens is 3. The zero-order chi connectivity index (χ0) is 24.0. The van der Waals surface area contributed by atoms with Crippen molar-refractivity contribution in [2.24, 2.45) is 12.8 Å². The predicted molar refractivity (Wildman–Crippen MR) is 121 cm³/mol. The average Bonchev–Trinajstić information content (AvgIpc) is 3.48. The van der Waals surface area contributed by atoms with Gasteiger partial charge in [-0.2, -0.15) is 5.10 Å². The van der Waals surface area contributed by atoms with Gasteiger partial charge in [0.1, 0.15) is 34.6 Å². The predicted octanol–water partition coefficient (Wildman–Crippen LogP) is 4.47. The van der Waals surface area contributed by atoms with E-state index in [2.05, 4.69) is 15.4 Å². The molecule has 1 aromatic carbocycles. The summed E-state index contributed by atoms with van der Waals surface area (Å²) >= 11 is 0.987. The minimum absolute atomic E-state index is 0.0208. The first-order valence-corrected chi connectivity index (χ1v) is 12.0. The molecule has 0 bridgehead atoms. The van der Waals surface area contributed by atoms with Crippen LogP contribution >= 0.6 is 11.3 Å². The Morgan fingerprint density at radius 1 is 1.24 bits per heavy atom. The molecule has 1 aliphatic heterocycles. The molecule has 0 spiro atoms. The summed E-state index contributed by atoms with van der Waals surface area (Å²) in [6.07, 6.45) is 2.48. The van der Waals surface area contributed by atoms with Crippen molar-refractivity contribution < 1.29 is 22.7 Å². The molecule has 34 heavy (non-hydrogen) atoms. The lowest BCUT2D eigenvalue weighted by molar-refractivity contribution is 0.0247. The van der Waals surface area contributed by atoms with Crippen molar-refractivity contribution >= 4 is 22.9 Å². The standard InChI is InChI=1S/C23H24F3N5O2S/c1-31-21(19-5-4-16(27)15(26)9-33-19)17(8-28-31)29-22(32)18-10-34-23(30-18)20-13(24)6-12(7-14(20)25)11-2-3-11/h6-8,10-11,15-16,19H,2-5,9,27H2,1H3,(H,29,32)/t15-,16-,19+/m1/s1. The number of aromatic nitrogens is 3. The lowest BCUT2D eigenvalue weighted by atomic mass is 10.0. The Balaban J connectivity index is 1.35. The number of ether oxygens (including phenoxy) is 1. The van der Waals surface area contributed by atoms with Gasteiger partial charge in [0.05, 0.1) is 29.7 Å². The van der Waals surface area contributed by atoms with Crippen LogP contribution in [0.5, 0.6) is 0 Å². The van der Waals surface area contributed by atoms with E-state index in [0.717, 1.165) is 24.2 Å². The highest BCUT2D eigenvalue weighted by Crippen LogP contribution is 2.42. The Hall–Kier alpha value is -2.76. The molecule has 2 aromatic heterocycles. The van der Waals surface area contributed by atoms with Crippen molar-refractivity contribution in [2.45, 2.75) is 49.9 Å². The summed E-state index contributed by atoms with van der Waals surface area (Å²) in [5.74, 6) is -1.71. The van der Waals surface area contributed by atoms with Crippen LogP contribution in [-0.2, 0) is 11.8 Å². The molecule has 0 unspecified atom stereocenters. The fraction of sp³-hybridized carbons (Fsp3) is 0.435. The van der Waals surface area contributed by atoms with E-state index in [9.17, 15) is 18.0 Å². The Bertz CT molecular complexity index is 1190. The second kappa shape index (κ2) is 9.12. The topological polar surface area (TPSA) is 95.1 Å². The highest BCUT2D eigenvalue weighted by Gasteiger charge is 2.30. The smallest absolute Gasteiger partial charge is 0.275 e. The van der Waals surface area contributed by atoms with E-state index in [4.69, 9.17) is 10.5 Å². The fourth-order valence-electron chi connectivity index (χ4n) is 4.21. The van der Waals surface area contributed by atoms with Gasteiger partial charge in [0.15, 0.2) is 0 Å². The molecular formula is C23H24F3N5O2S. The van der Waals surface area contributed by atoms with Crippen LogP contribution in [0.1, 0.15) is 59.5 Å². The van der Waals surface area contributed by atoms with Crippen molar-refractivity contribution in [2.75, 3.05) is 11.9 Å². The molecule has 1 aliphatic carbocycles. The normalized spacial score (nSPS) is 23.0. The van der Waals surface area contributed by atoms with Crippen LogP contribution in [0.25, 0.3) is 10.6 Å². The average molecular weight is 492 g/mol. The molecule has 5 rings (SSSR count). The van der Waals surface area contributed by atoms with Gasteiger partial charge in [0, 0.05) is 18.5 Å². The molecule has 7 nitrogen and oxygen atoms in total. The first kappa shape index (κ1) is 23.0. The fourth-order valence-corrected chi connectivity index (χ4v) is 5.06. The molecule has 3 N–H and O–H groups in total. The number of thiazole rings is 1. The van der Waals surface area contributed by atoms with Gasteiger partial charge in [-0.05, 0) is 49.3 Å². The molecule has 11 heteroatoms. The zero-order valence-electron chi connectivity index (χ0n) is 18.4. The van der Waals surface area contributed by atoms with Crippen molar-refractivity contribution in [3.05, 3.63) is 52.3 Å². The van der Waals surface area contributed by atoms with Gasteiger partial charge in [-0.1, -0.05) is 0 Å². The Morgan fingerprint density at radius 2 is 1.97 bits per heavy atom. The van der Waals surface area contributed by atoms with Crippen LogP contribution in [0.3, 0.4) is 0 Å². The van der Waals surface area contributed by atoms with Gasteiger partial charge < -0.3 is 15.8 Å². The zero-order valence-corrected chi connectivity index (χ0v) is 19.2. The highest BCUT2D eigenvalue weighted by molar-refractivity contribution is 7.13. The third-order valence-electron chi connectivity index (χ3n) is 6.29. The number of hydrogen-bond acceptors (Lipinski definition) is 6. The van der Waals surface area contributed by atoms with Gasteiger partial charge in [0.25, 0.3) is 5.91 Å². The Labute approximate surface area is 198 Å². The number of nitrogens with two attached hydrogens (primary N) is 1. The molecule has 1 saturated heterocycles. The molecule has 3 aromatic rings. The second-order valence-electron chi connectivity index (χ2n) is 8.77. The number of benzene rings is 1. The Morgan fingerprint density at radius 3 is 2.68 bits per heavy atom.